The average Bonchev–Trinajstić information content (AvgIpc) is 3.72. The summed E-state index contributed by atoms with van der Waals surface area (Å²) in [7, 11) is 0. The molecule has 0 spiro atoms. The van der Waals surface area contributed by atoms with E-state index in [4.69, 9.17) is 15.0 Å². The lowest BCUT2D eigenvalue weighted by atomic mass is 10.0. The van der Waals surface area contributed by atoms with Crippen molar-refractivity contribution in [2.24, 2.45) is 0 Å². The molecule has 5 aromatic rings. The molecular formula is C30H22N6. The van der Waals surface area contributed by atoms with Crippen molar-refractivity contribution in [3.05, 3.63) is 108 Å². The number of hydrogen-bond acceptors (Lipinski definition) is 4. The van der Waals surface area contributed by atoms with Crippen molar-refractivity contribution in [3.8, 4) is 22.3 Å². The predicted octanol–water partition coefficient (Wildman–Crippen LogP) is 6.39. The highest BCUT2D eigenvalue weighted by molar-refractivity contribution is 5.96. The lowest BCUT2D eigenvalue weighted by molar-refractivity contribution is 0.941. The van der Waals surface area contributed by atoms with Gasteiger partial charge in [0.05, 0.1) is 5.69 Å². The number of nitrogens with zero attached hydrogens (tertiary/aromatic N) is 4. The smallest absolute Gasteiger partial charge is 0.154 e. The summed E-state index contributed by atoms with van der Waals surface area (Å²) in [6.07, 6.45) is 5.50. The van der Waals surface area contributed by atoms with E-state index in [9.17, 15) is 0 Å². The van der Waals surface area contributed by atoms with Crippen LogP contribution in [0.2, 0.25) is 0 Å². The highest BCUT2D eigenvalue weighted by atomic mass is 15.0. The molecule has 2 N–H and O–H groups in total. The molecule has 0 radical (unpaired) electrons. The molecule has 0 amide bonds. The van der Waals surface area contributed by atoms with Gasteiger partial charge in [-0.3, -0.25) is 0 Å². The summed E-state index contributed by atoms with van der Waals surface area (Å²) in [5, 5.41) is 0. The molecule has 7 rings (SSSR count). The fraction of sp³-hybridized carbons (Fsp3) is 0.0667. The molecule has 0 atom stereocenters. The molecule has 172 valence electrons. The van der Waals surface area contributed by atoms with E-state index in [1.807, 2.05) is 30.4 Å². The van der Waals surface area contributed by atoms with Gasteiger partial charge in [-0.05, 0) is 47.5 Å². The quantitative estimate of drug-likeness (QED) is 0.310. The van der Waals surface area contributed by atoms with Crippen molar-refractivity contribution in [1.82, 2.24) is 29.9 Å². The largest absolute Gasteiger partial charge is 0.354 e. The van der Waals surface area contributed by atoms with Gasteiger partial charge in [0, 0.05) is 40.5 Å². The maximum atomic E-state index is 4.88. The Labute approximate surface area is 207 Å². The van der Waals surface area contributed by atoms with E-state index < -0.39 is 0 Å². The third-order valence-electron chi connectivity index (χ3n) is 6.49. The molecule has 3 aromatic heterocycles. The number of aromatic nitrogens is 6. The second-order valence-electron chi connectivity index (χ2n) is 8.88. The van der Waals surface area contributed by atoms with Crippen molar-refractivity contribution in [1.29, 1.82) is 0 Å². The maximum absolute atomic E-state index is 4.88. The van der Waals surface area contributed by atoms with Crippen LogP contribution in [0, 0.1) is 0 Å². The van der Waals surface area contributed by atoms with Crippen molar-refractivity contribution < 1.29 is 0 Å². The summed E-state index contributed by atoms with van der Waals surface area (Å²) in [6, 6.07) is 29.1. The lowest BCUT2D eigenvalue weighted by Crippen LogP contribution is -1.89. The standard InChI is InChI=1S/C30H22N6/c1-3-7-19(8-4-1)29-21-11-12-22(31-21)30(20-9-5-2-6-10-20)24-14-16-26(33-24)35-28-18-17-27(36-28)34-25-15-13-23(29)32-25/h1-16,31H,17-18H2,(H,32,33,34,35,36). The number of rotatable bonds is 2. The van der Waals surface area contributed by atoms with Gasteiger partial charge in [0.15, 0.2) is 5.82 Å². The van der Waals surface area contributed by atoms with E-state index in [1.54, 1.807) is 0 Å². The second kappa shape index (κ2) is 8.43. The van der Waals surface area contributed by atoms with E-state index >= 15 is 0 Å². The molecule has 8 bridgehead atoms. The van der Waals surface area contributed by atoms with Crippen LogP contribution in [0.15, 0.2) is 84.9 Å². The van der Waals surface area contributed by atoms with Crippen LogP contribution in [0.4, 0.5) is 0 Å². The van der Waals surface area contributed by atoms with Crippen LogP contribution in [0.1, 0.15) is 23.2 Å². The molecule has 0 aliphatic carbocycles. The van der Waals surface area contributed by atoms with Gasteiger partial charge < -0.3 is 9.97 Å². The molecule has 0 fully saturated rings. The topological polar surface area (TPSA) is 83.1 Å². The Bertz CT molecular complexity index is 1780. The zero-order chi connectivity index (χ0) is 23.9. The van der Waals surface area contributed by atoms with Crippen LogP contribution in [0.3, 0.4) is 0 Å². The molecule has 0 saturated heterocycles. The Balaban J connectivity index is 1.64. The summed E-state index contributed by atoms with van der Waals surface area (Å²) >= 11 is 0. The minimum absolute atomic E-state index is 0.663. The summed E-state index contributed by atoms with van der Waals surface area (Å²) in [5.74, 6) is 2.20. The molecule has 0 saturated carbocycles. The Hall–Kier alpha value is -4.84. The minimum atomic E-state index is 0.663. The monoisotopic (exact) mass is 466 g/mol. The van der Waals surface area contributed by atoms with E-state index in [1.165, 1.54) is 0 Å². The summed E-state index contributed by atoms with van der Waals surface area (Å²) in [4.78, 5) is 26.2. The van der Waals surface area contributed by atoms with Gasteiger partial charge in [-0.15, -0.1) is 0 Å². The van der Waals surface area contributed by atoms with E-state index in [0.717, 1.165) is 74.6 Å². The van der Waals surface area contributed by atoms with Crippen molar-refractivity contribution in [2.75, 3.05) is 0 Å². The number of hydrogen-bond donors (Lipinski definition) is 2. The first kappa shape index (κ1) is 20.5. The highest BCUT2D eigenvalue weighted by Crippen LogP contribution is 2.32. The van der Waals surface area contributed by atoms with Gasteiger partial charge >= 0.3 is 0 Å². The van der Waals surface area contributed by atoms with Crippen molar-refractivity contribution in [3.63, 3.8) is 0 Å². The first-order valence-electron chi connectivity index (χ1n) is 12.0. The van der Waals surface area contributed by atoms with E-state index in [2.05, 4.69) is 81.7 Å². The molecule has 2 aromatic carbocycles. The molecule has 36 heavy (non-hydrogen) atoms. The molecular weight excluding hydrogens is 444 g/mol. The lowest BCUT2D eigenvalue weighted by Gasteiger charge is -2.04. The number of benzene rings is 2. The predicted molar refractivity (Wildman–Crippen MR) is 144 cm³/mol. The Morgan fingerprint density at radius 1 is 0.500 bits per heavy atom. The molecule has 2 aliphatic rings. The minimum Gasteiger partial charge on any atom is -0.354 e. The third-order valence-corrected chi connectivity index (χ3v) is 6.49. The Morgan fingerprint density at radius 2 is 1.11 bits per heavy atom. The number of aryl methyl sites for hydroxylation is 2. The maximum Gasteiger partial charge on any atom is 0.154 e. The van der Waals surface area contributed by atoms with Gasteiger partial charge in [0.25, 0.3) is 0 Å². The SMILES string of the molecule is C1=Cc2nc1nc1nc(nc3ccc([nH]3)c(-c3ccccc3)c3ccc([nH]3)c2-c2ccccc2)CC1. The van der Waals surface area contributed by atoms with Crippen LogP contribution in [-0.4, -0.2) is 29.9 Å². The fourth-order valence-corrected chi connectivity index (χ4v) is 4.86. The third kappa shape index (κ3) is 3.69. The van der Waals surface area contributed by atoms with Crippen LogP contribution >= 0.6 is 0 Å². The van der Waals surface area contributed by atoms with Crippen molar-refractivity contribution in [2.45, 2.75) is 12.8 Å². The van der Waals surface area contributed by atoms with Crippen LogP contribution in [-0.2, 0) is 12.8 Å². The number of aromatic amines is 2. The highest BCUT2D eigenvalue weighted by Gasteiger charge is 2.14. The molecule has 5 heterocycles. The summed E-state index contributed by atoms with van der Waals surface area (Å²) in [5.41, 5.74) is 8.96. The summed E-state index contributed by atoms with van der Waals surface area (Å²) < 4.78 is 0. The number of nitrogens with one attached hydrogen (secondary N) is 2. The first-order chi connectivity index (χ1) is 17.8. The first-order valence-corrected chi connectivity index (χ1v) is 12.0. The van der Waals surface area contributed by atoms with E-state index in [0.29, 0.717) is 5.82 Å². The Kier molecular flexibility index (Phi) is 4.81. The number of fused-ring (bicyclic) bond motifs is 8. The molecule has 2 aliphatic heterocycles. The van der Waals surface area contributed by atoms with E-state index in [-0.39, 0.29) is 0 Å². The fourth-order valence-electron chi connectivity index (χ4n) is 4.86. The zero-order valence-corrected chi connectivity index (χ0v) is 19.4. The summed E-state index contributed by atoms with van der Waals surface area (Å²) in [6.45, 7) is 0. The zero-order valence-electron chi connectivity index (χ0n) is 19.4. The van der Waals surface area contributed by atoms with Crippen molar-refractivity contribution >= 4 is 34.3 Å². The van der Waals surface area contributed by atoms with Crippen LogP contribution in [0.25, 0.3) is 56.6 Å². The van der Waals surface area contributed by atoms with Gasteiger partial charge in [-0.2, -0.15) is 0 Å². The average molecular weight is 467 g/mol. The normalized spacial score (nSPS) is 12.7. The molecule has 6 heteroatoms. The Morgan fingerprint density at radius 3 is 1.86 bits per heavy atom. The van der Waals surface area contributed by atoms with Gasteiger partial charge in [0.2, 0.25) is 0 Å². The van der Waals surface area contributed by atoms with Gasteiger partial charge in [-0.1, -0.05) is 60.7 Å². The molecule has 0 unspecified atom stereocenters. The van der Waals surface area contributed by atoms with Gasteiger partial charge in [-0.25, -0.2) is 19.9 Å². The number of H-pyrrole nitrogens is 2. The molecule has 6 nitrogen and oxygen atoms in total. The second-order valence-corrected chi connectivity index (χ2v) is 8.88. The van der Waals surface area contributed by atoms with Crippen LogP contribution in [0.5, 0.6) is 0 Å². The van der Waals surface area contributed by atoms with Gasteiger partial charge in [0.1, 0.15) is 17.3 Å². The van der Waals surface area contributed by atoms with Crippen LogP contribution < -0.4 is 0 Å².